The van der Waals surface area contributed by atoms with Gasteiger partial charge in [-0.05, 0) is 30.4 Å². The minimum absolute atomic E-state index is 0.0578. The molecule has 2 aliphatic heterocycles. The molecule has 2 aliphatic rings. The van der Waals surface area contributed by atoms with Gasteiger partial charge in [0.2, 0.25) is 10.0 Å². The van der Waals surface area contributed by atoms with Crippen LogP contribution in [0.4, 0.5) is 0 Å². The number of hydrogen-bond acceptors (Lipinski definition) is 6. The van der Waals surface area contributed by atoms with Crippen LogP contribution in [0.2, 0.25) is 0 Å². The summed E-state index contributed by atoms with van der Waals surface area (Å²) in [7, 11) is -3.34. The van der Waals surface area contributed by atoms with Gasteiger partial charge in [-0.1, -0.05) is 25.1 Å². The molecule has 0 radical (unpaired) electrons. The minimum Gasteiger partial charge on any atom is -0.387 e. The van der Waals surface area contributed by atoms with E-state index < -0.39 is 15.6 Å². The number of rotatable bonds is 6. The number of pyridine rings is 1. The highest BCUT2D eigenvalue weighted by atomic mass is 32.2. The quantitative estimate of drug-likeness (QED) is 0.784. The monoisotopic (exact) mass is 394 g/mol. The lowest BCUT2D eigenvalue weighted by Gasteiger charge is -2.37. The summed E-state index contributed by atoms with van der Waals surface area (Å²) in [5.74, 6) is -0.122. The number of carbonyl (C=O) groups excluding carboxylic acids is 1. The third-order valence-electron chi connectivity index (χ3n) is 4.72. The van der Waals surface area contributed by atoms with Crippen molar-refractivity contribution < 1.29 is 18.0 Å². The summed E-state index contributed by atoms with van der Waals surface area (Å²) in [6, 6.07) is 3.68. The van der Waals surface area contributed by atoms with Gasteiger partial charge < -0.3 is 10.2 Å². The van der Waals surface area contributed by atoms with Crippen LogP contribution in [-0.2, 0) is 26.2 Å². The number of hydrogen-bond donors (Lipinski definition) is 1. The van der Waals surface area contributed by atoms with E-state index in [0.717, 1.165) is 5.56 Å². The Bertz CT molecular complexity index is 810. The fourth-order valence-electron chi connectivity index (χ4n) is 3.47. The van der Waals surface area contributed by atoms with Crippen molar-refractivity contribution in [1.82, 2.24) is 14.6 Å². The first-order valence-corrected chi connectivity index (χ1v) is 10.8. The largest absolute Gasteiger partial charge is 0.387 e. The smallest absolute Gasteiger partial charge is 0.269 e. The number of aromatic nitrogens is 1. The molecule has 0 unspecified atom stereocenters. The third kappa shape index (κ3) is 4.84. The number of nitrogens with one attached hydrogen (secondary N) is 1. The average Bonchev–Trinajstić information content (AvgIpc) is 3.03. The summed E-state index contributed by atoms with van der Waals surface area (Å²) >= 11 is 0. The summed E-state index contributed by atoms with van der Waals surface area (Å²) in [5, 5.41) is 6.78. The molecule has 1 saturated heterocycles. The van der Waals surface area contributed by atoms with E-state index in [1.54, 1.807) is 18.5 Å². The Labute approximate surface area is 160 Å². The van der Waals surface area contributed by atoms with E-state index in [1.165, 1.54) is 4.31 Å². The Kier molecular flexibility index (Phi) is 5.81. The Morgan fingerprint density at radius 1 is 1.44 bits per heavy atom. The van der Waals surface area contributed by atoms with Crippen LogP contribution in [0.3, 0.4) is 0 Å². The van der Waals surface area contributed by atoms with Crippen LogP contribution in [0.5, 0.6) is 0 Å². The molecule has 1 aromatic heterocycles. The molecule has 1 N–H and O–H groups in total. The predicted octanol–water partition coefficient (Wildman–Crippen LogP) is 1.29. The molecule has 27 heavy (non-hydrogen) atoms. The lowest BCUT2D eigenvalue weighted by Crippen LogP contribution is -2.51. The van der Waals surface area contributed by atoms with Crippen LogP contribution in [0, 0.1) is 5.92 Å². The van der Waals surface area contributed by atoms with Crippen molar-refractivity contribution in [3.63, 3.8) is 0 Å². The number of amides is 1. The molecule has 1 spiro atoms. The molecule has 3 heterocycles. The number of piperidine rings is 1. The summed E-state index contributed by atoms with van der Waals surface area (Å²) in [4.78, 5) is 22.0. The van der Waals surface area contributed by atoms with Crippen molar-refractivity contribution in [1.29, 1.82) is 0 Å². The van der Waals surface area contributed by atoms with E-state index in [9.17, 15) is 13.2 Å². The highest BCUT2D eigenvalue weighted by molar-refractivity contribution is 7.89. The van der Waals surface area contributed by atoms with Gasteiger partial charge in [0.15, 0.2) is 5.60 Å². The third-order valence-corrected chi connectivity index (χ3v) is 6.91. The number of nitrogens with zero attached hydrogens (tertiary/aromatic N) is 3. The molecule has 1 fully saturated rings. The van der Waals surface area contributed by atoms with E-state index in [1.807, 2.05) is 19.9 Å². The molecule has 1 atom stereocenters. The first kappa shape index (κ1) is 19.8. The molecule has 0 saturated carbocycles. The van der Waals surface area contributed by atoms with E-state index in [4.69, 9.17) is 4.84 Å². The first-order valence-electron chi connectivity index (χ1n) is 9.20. The highest BCUT2D eigenvalue weighted by Crippen LogP contribution is 2.34. The molecule has 0 bridgehead atoms. The van der Waals surface area contributed by atoms with Crippen LogP contribution < -0.4 is 5.32 Å². The maximum absolute atomic E-state index is 12.6. The fraction of sp³-hybridized carbons (Fsp3) is 0.611. The van der Waals surface area contributed by atoms with E-state index in [0.29, 0.717) is 38.1 Å². The lowest BCUT2D eigenvalue weighted by molar-refractivity contribution is -0.115. The molecular weight excluding hydrogens is 368 g/mol. The molecule has 8 nitrogen and oxygen atoms in total. The average molecular weight is 394 g/mol. The second-order valence-electron chi connectivity index (χ2n) is 7.64. The molecule has 1 amide bonds. The van der Waals surface area contributed by atoms with Gasteiger partial charge in [0.05, 0.1) is 12.3 Å². The zero-order chi connectivity index (χ0) is 19.5. The Morgan fingerprint density at radius 2 is 2.26 bits per heavy atom. The van der Waals surface area contributed by atoms with Gasteiger partial charge in [0.25, 0.3) is 5.91 Å². The summed E-state index contributed by atoms with van der Waals surface area (Å²) in [6.07, 6.45) is 5.06. The van der Waals surface area contributed by atoms with Crippen LogP contribution in [0.1, 0.15) is 38.7 Å². The van der Waals surface area contributed by atoms with Crippen LogP contribution >= 0.6 is 0 Å². The standard InChI is InChI=1S/C18H26N4O4S/c1-14(2)12-27(24,25)22-8-4-6-18(13-22)9-16(21-26-18)17(23)20-11-15-5-3-7-19-10-15/h3,5,7,10,14H,4,6,8-9,11-13H2,1-2H3,(H,20,23)/t18-/m0/s1. The number of sulfonamides is 1. The Morgan fingerprint density at radius 3 is 2.96 bits per heavy atom. The molecule has 3 rings (SSSR count). The van der Waals surface area contributed by atoms with Crippen molar-refractivity contribution in [2.75, 3.05) is 18.8 Å². The molecule has 0 aliphatic carbocycles. The van der Waals surface area contributed by atoms with Gasteiger partial charge in [-0.2, -0.15) is 4.31 Å². The predicted molar refractivity (Wildman–Crippen MR) is 101 cm³/mol. The lowest BCUT2D eigenvalue weighted by atomic mass is 9.89. The van der Waals surface area contributed by atoms with Gasteiger partial charge in [0.1, 0.15) is 5.71 Å². The molecule has 1 aromatic rings. The van der Waals surface area contributed by atoms with Crippen molar-refractivity contribution >= 4 is 21.6 Å². The number of carbonyl (C=O) groups is 1. The molecule has 0 aromatic carbocycles. The van der Waals surface area contributed by atoms with Gasteiger partial charge >= 0.3 is 0 Å². The normalized spacial score (nSPS) is 23.3. The van der Waals surface area contributed by atoms with Crippen LogP contribution in [-0.4, -0.2) is 53.8 Å². The van der Waals surface area contributed by atoms with Crippen LogP contribution in [0.25, 0.3) is 0 Å². The summed E-state index contributed by atoms with van der Waals surface area (Å²) < 4.78 is 26.6. The van der Waals surface area contributed by atoms with Crippen molar-refractivity contribution in [3.05, 3.63) is 30.1 Å². The zero-order valence-corrected chi connectivity index (χ0v) is 16.5. The Hall–Kier alpha value is -2.00. The van der Waals surface area contributed by atoms with Gasteiger partial charge in [0, 0.05) is 31.9 Å². The zero-order valence-electron chi connectivity index (χ0n) is 15.7. The van der Waals surface area contributed by atoms with Crippen molar-refractivity contribution in [2.24, 2.45) is 11.1 Å². The van der Waals surface area contributed by atoms with Crippen molar-refractivity contribution in [2.45, 2.75) is 45.3 Å². The molecular formula is C18H26N4O4S. The highest BCUT2D eigenvalue weighted by Gasteiger charge is 2.47. The van der Waals surface area contributed by atoms with E-state index >= 15 is 0 Å². The maximum atomic E-state index is 12.6. The molecule has 9 heteroatoms. The summed E-state index contributed by atoms with van der Waals surface area (Å²) in [6.45, 7) is 4.86. The Balaban J connectivity index is 1.59. The van der Waals surface area contributed by atoms with Crippen molar-refractivity contribution in [3.8, 4) is 0 Å². The second-order valence-corrected chi connectivity index (χ2v) is 9.66. The maximum Gasteiger partial charge on any atom is 0.269 e. The second kappa shape index (κ2) is 7.93. The van der Waals surface area contributed by atoms with Crippen LogP contribution in [0.15, 0.2) is 29.7 Å². The summed E-state index contributed by atoms with van der Waals surface area (Å²) in [5.41, 5.74) is 0.467. The van der Waals surface area contributed by atoms with Gasteiger partial charge in [-0.15, -0.1) is 0 Å². The first-order chi connectivity index (χ1) is 12.8. The fourth-order valence-corrected chi connectivity index (χ4v) is 5.36. The van der Waals surface area contributed by atoms with E-state index in [-0.39, 0.29) is 24.1 Å². The number of oxime groups is 1. The minimum atomic E-state index is -3.34. The van der Waals surface area contributed by atoms with E-state index in [2.05, 4.69) is 15.5 Å². The van der Waals surface area contributed by atoms with Gasteiger partial charge in [-0.25, -0.2) is 8.42 Å². The molecule has 148 valence electrons. The SMILES string of the molecule is CC(C)CS(=O)(=O)N1CCC[C@]2(CC(C(=O)NCc3cccnc3)=NO2)C1. The van der Waals surface area contributed by atoms with Gasteiger partial charge in [-0.3, -0.25) is 9.78 Å². The topological polar surface area (TPSA) is 101 Å².